The zero-order valence-electron chi connectivity index (χ0n) is 25.9. The van der Waals surface area contributed by atoms with Crippen molar-refractivity contribution < 1.29 is 14.4 Å². The maximum absolute atomic E-state index is 14.1. The van der Waals surface area contributed by atoms with E-state index in [1.165, 1.54) is 24.8 Å². The van der Waals surface area contributed by atoms with Crippen LogP contribution >= 0.6 is 11.6 Å². The molecule has 3 unspecified atom stereocenters. The molecule has 1 aliphatic carbocycles. The maximum Gasteiger partial charge on any atom is 0.245 e. The molecule has 8 heteroatoms. The van der Waals surface area contributed by atoms with Gasteiger partial charge in [0.15, 0.2) is 0 Å². The van der Waals surface area contributed by atoms with Gasteiger partial charge in [0.2, 0.25) is 11.8 Å². The van der Waals surface area contributed by atoms with E-state index in [9.17, 15) is 14.4 Å². The number of piperidine rings is 1. The topological polar surface area (TPSA) is 73.0 Å². The highest BCUT2D eigenvalue weighted by atomic mass is 35.5. The molecule has 0 spiro atoms. The standard InChI is InChI=1S/C35H47ClN4O3/c1-25(41)35(28-12-8-5-9-13-28)18-20-40(21-19-35)34(43)30(22-26-14-16-29(36)17-15-26)37-33(42)32-24-38(2)31(23-39(32)3)27-10-6-4-7-11-27/h4,6-7,10-11,14-17,28,30-32H,5,8-9,12-13,18-24H2,1-3H3,(H,37,42). The van der Waals surface area contributed by atoms with Crippen molar-refractivity contribution in [1.29, 1.82) is 0 Å². The van der Waals surface area contributed by atoms with Gasteiger partial charge in [-0.3, -0.25) is 24.2 Å². The van der Waals surface area contributed by atoms with E-state index in [1.807, 2.05) is 54.4 Å². The zero-order valence-corrected chi connectivity index (χ0v) is 26.7. The lowest BCUT2D eigenvalue weighted by Gasteiger charge is -2.47. The Morgan fingerprint density at radius 1 is 0.907 bits per heavy atom. The normalized spacial score (nSPS) is 24.3. The number of nitrogens with one attached hydrogen (secondary N) is 1. The Labute approximate surface area is 261 Å². The summed E-state index contributed by atoms with van der Waals surface area (Å²) in [6.45, 7) is 4.12. The molecule has 5 rings (SSSR count). The van der Waals surface area contributed by atoms with Crippen LogP contribution < -0.4 is 5.32 Å². The van der Waals surface area contributed by atoms with Crippen molar-refractivity contribution in [1.82, 2.24) is 20.0 Å². The van der Waals surface area contributed by atoms with E-state index in [4.69, 9.17) is 11.6 Å². The quantitative estimate of drug-likeness (QED) is 0.451. The van der Waals surface area contributed by atoms with E-state index in [0.717, 1.165) is 24.9 Å². The van der Waals surface area contributed by atoms with Gasteiger partial charge in [0, 0.05) is 49.1 Å². The van der Waals surface area contributed by atoms with Crippen LogP contribution in [-0.4, -0.2) is 84.7 Å². The molecular formula is C35H47ClN4O3. The number of likely N-dealkylation sites (tertiary alicyclic amines) is 1. The summed E-state index contributed by atoms with van der Waals surface area (Å²) in [7, 11) is 4.04. The largest absolute Gasteiger partial charge is 0.343 e. The number of benzene rings is 2. The van der Waals surface area contributed by atoms with Crippen LogP contribution in [0.25, 0.3) is 0 Å². The molecule has 1 saturated carbocycles. The number of carbonyl (C=O) groups is 3. The second-order valence-electron chi connectivity index (χ2n) is 13.1. The molecule has 2 amide bonds. The smallest absolute Gasteiger partial charge is 0.245 e. The van der Waals surface area contributed by atoms with Crippen LogP contribution in [-0.2, 0) is 20.8 Å². The van der Waals surface area contributed by atoms with Crippen LogP contribution in [0.3, 0.4) is 0 Å². The summed E-state index contributed by atoms with van der Waals surface area (Å²) in [4.78, 5) is 47.1. The number of piperazine rings is 1. The minimum absolute atomic E-state index is 0.0712. The van der Waals surface area contributed by atoms with E-state index in [1.54, 1.807) is 6.92 Å². The van der Waals surface area contributed by atoms with E-state index in [-0.39, 0.29) is 35.1 Å². The first-order valence-corrected chi connectivity index (χ1v) is 16.4. The van der Waals surface area contributed by atoms with Crippen LogP contribution in [0.2, 0.25) is 5.02 Å². The molecule has 0 bridgehead atoms. The summed E-state index contributed by atoms with van der Waals surface area (Å²) in [6.07, 6.45) is 7.64. The van der Waals surface area contributed by atoms with Gasteiger partial charge >= 0.3 is 0 Å². The third-order valence-corrected chi connectivity index (χ3v) is 10.7. The fourth-order valence-electron chi connectivity index (χ4n) is 7.77. The number of hydrogen-bond acceptors (Lipinski definition) is 5. The second-order valence-corrected chi connectivity index (χ2v) is 13.5. The number of nitrogens with zero attached hydrogens (tertiary/aromatic N) is 3. The van der Waals surface area contributed by atoms with E-state index < -0.39 is 6.04 Å². The number of halogens is 1. The van der Waals surface area contributed by atoms with E-state index in [0.29, 0.717) is 49.8 Å². The maximum atomic E-state index is 14.1. The van der Waals surface area contributed by atoms with E-state index in [2.05, 4.69) is 34.3 Å². The predicted molar refractivity (Wildman–Crippen MR) is 171 cm³/mol. The first-order chi connectivity index (χ1) is 20.7. The Morgan fingerprint density at radius 2 is 1.56 bits per heavy atom. The van der Waals surface area contributed by atoms with Crippen LogP contribution in [0, 0.1) is 11.3 Å². The van der Waals surface area contributed by atoms with Gasteiger partial charge in [-0.05, 0) is 75.9 Å². The molecular weight excluding hydrogens is 560 g/mol. The number of Topliss-reactive ketones (excluding diaryl/α,β-unsaturated/α-hetero) is 1. The lowest BCUT2D eigenvalue weighted by Crippen LogP contribution is -2.61. The molecule has 3 aliphatic rings. The monoisotopic (exact) mass is 606 g/mol. The van der Waals surface area contributed by atoms with Gasteiger partial charge < -0.3 is 10.2 Å². The second kappa shape index (κ2) is 13.9. The summed E-state index contributed by atoms with van der Waals surface area (Å²) < 4.78 is 0. The highest BCUT2D eigenvalue weighted by Crippen LogP contribution is 2.46. The van der Waals surface area contributed by atoms with Crippen LogP contribution in [0.5, 0.6) is 0 Å². The summed E-state index contributed by atoms with van der Waals surface area (Å²) >= 11 is 6.14. The van der Waals surface area contributed by atoms with Crippen molar-refractivity contribution in [2.45, 2.75) is 76.4 Å². The average Bonchev–Trinajstić information content (AvgIpc) is 3.03. The Morgan fingerprint density at radius 3 is 2.19 bits per heavy atom. The molecule has 0 aromatic heterocycles. The van der Waals surface area contributed by atoms with Crippen molar-refractivity contribution in [3.8, 4) is 0 Å². The number of amides is 2. The van der Waals surface area contributed by atoms with Gasteiger partial charge in [0.25, 0.3) is 0 Å². The highest BCUT2D eigenvalue weighted by molar-refractivity contribution is 6.30. The minimum atomic E-state index is -0.696. The molecule has 3 atom stereocenters. The molecule has 1 N–H and O–H groups in total. The van der Waals surface area contributed by atoms with Gasteiger partial charge in [-0.15, -0.1) is 0 Å². The molecule has 2 aromatic carbocycles. The minimum Gasteiger partial charge on any atom is -0.343 e. The molecule has 232 valence electrons. The van der Waals surface area contributed by atoms with Crippen LogP contribution in [0.1, 0.15) is 69.0 Å². The Hall–Kier alpha value is -2.74. The van der Waals surface area contributed by atoms with Crippen molar-refractivity contribution in [2.24, 2.45) is 11.3 Å². The first kappa shape index (κ1) is 31.7. The Balaban J connectivity index is 1.29. The lowest BCUT2D eigenvalue weighted by atomic mass is 9.62. The van der Waals surface area contributed by atoms with Gasteiger partial charge in [-0.1, -0.05) is 73.3 Å². The van der Waals surface area contributed by atoms with Crippen molar-refractivity contribution in [2.75, 3.05) is 40.3 Å². The van der Waals surface area contributed by atoms with E-state index >= 15 is 0 Å². The molecule has 2 saturated heterocycles. The summed E-state index contributed by atoms with van der Waals surface area (Å²) in [5.41, 5.74) is 1.85. The highest BCUT2D eigenvalue weighted by Gasteiger charge is 2.46. The third kappa shape index (κ3) is 7.16. The van der Waals surface area contributed by atoms with Crippen LogP contribution in [0.15, 0.2) is 54.6 Å². The lowest BCUT2D eigenvalue weighted by molar-refractivity contribution is -0.145. The predicted octanol–water partition coefficient (Wildman–Crippen LogP) is 5.13. The third-order valence-electron chi connectivity index (χ3n) is 10.5. The zero-order chi connectivity index (χ0) is 30.6. The van der Waals surface area contributed by atoms with Gasteiger partial charge in [-0.25, -0.2) is 0 Å². The number of rotatable bonds is 8. The number of likely N-dealkylation sites (N-methyl/N-ethyl adjacent to an activating group) is 2. The number of hydrogen-bond donors (Lipinski definition) is 1. The molecule has 43 heavy (non-hydrogen) atoms. The van der Waals surface area contributed by atoms with Gasteiger partial charge in [0.05, 0.1) is 0 Å². The SMILES string of the molecule is CC(=O)C1(C2CCCCC2)CCN(C(=O)C(Cc2ccc(Cl)cc2)NC(=O)C2CN(C)C(c3ccccc3)CN2C)CC1. The molecule has 2 aliphatic heterocycles. The molecule has 2 aromatic rings. The van der Waals surface area contributed by atoms with Gasteiger partial charge in [0.1, 0.15) is 17.9 Å². The Bertz CT molecular complexity index is 1260. The first-order valence-electron chi connectivity index (χ1n) is 16.0. The summed E-state index contributed by atoms with van der Waals surface area (Å²) in [5.74, 6) is 0.485. The Kier molecular flexibility index (Phi) is 10.3. The molecule has 0 radical (unpaired) electrons. The van der Waals surface area contributed by atoms with Crippen molar-refractivity contribution in [3.05, 3.63) is 70.7 Å². The van der Waals surface area contributed by atoms with Gasteiger partial charge in [-0.2, -0.15) is 0 Å². The van der Waals surface area contributed by atoms with Crippen LogP contribution in [0.4, 0.5) is 0 Å². The molecule has 2 heterocycles. The molecule has 3 fully saturated rings. The fraction of sp³-hybridized carbons (Fsp3) is 0.571. The average molecular weight is 607 g/mol. The van der Waals surface area contributed by atoms with Crippen molar-refractivity contribution >= 4 is 29.2 Å². The summed E-state index contributed by atoms with van der Waals surface area (Å²) in [5, 5.41) is 3.80. The molecule has 7 nitrogen and oxygen atoms in total. The van der Waals surface area contributed by atoms with Crippen molar-refractivity contribution in [3.63, 3.8) is 0 Å². The summed E-state index contributed by atoms with van der Waals surface area (Å²) in [6, 6.07) is 17.0. The number of carbonyl (C=O) groups excluding carboxylic acids is 3. The fourth-order valence-corrected chi connectivity index (χ4v) is 7.90. The number of ketones is 1.